The zero-order valence-corrected chi connectivity index (χ0v) is 21.4. The minimum absolute atomic E-state index is 0.0900. The van der Waals surface area contributed by atoms with Crippen molar-refractivity contribution in [2.45, 2.75) is 19.3 Å². The molecule has 178 valence electrons. The molecule has 0 saturated carbocycles. The molecule has 0 atom stereocenters. The Balaban J connectivity index is 1.47. The molecule has 0 aliphatic carbocycles. The Morgan fingerprint density at radius 1 is 0.676 bits per heavy atom. The number of rotatable bonds is 2. The average Bonchev–Trinajstić information content (AvgIpc) is 2.93. The lowest BCUT2D eigenvalue weighted by Crippen LogP contribution is -2.55. The Labute approximate surface area is 222 Å². The van der Waals surface area contributed by atoms with E-state index in [1.807, 2.05) is 30.5 Å². The molecule has 0 bridgehead atoms. The lowest BCUT2D eigenvalue weighted by atomic mass is 9.36. The van der Waals surface area contributed by atoms with Crippen LogP contribution in [-0.4, -0.2) is 11.7 Å². The second-order valence-corrected chi connectivity index (χ2v) is 10.5. The van der Waals surface area contributed by atoms with Gasteiger partial charge in [0.05, 0.1) is 22.1 Å². The van der Waals surface area contributed by atoms with Crippen molar-refractivity contribution in [3.63, 3.8) is 0 Å². The summed E-state index contributed by atoms with van der Waals surface area (Å²) in [6, 6.07) is 33.7. The Morgan fingerprint density at radius 3 is 2.03 bits per heavy atom. The molecule has 37 heavy (non-hydrogen) atoms. The van der Waals surface area contributed by atoms with Gasteiger partial charge in [0.25, 0.3) is 6.71 Å². The van der Waals surface area contributed by atoms with Crippen molar-refractivity contribution in [2.75, 3.05) is 4.90 Å². The summed E-state index contributed by atoms with van der Waals surface area (Å²) in [7, 11) is 0. The third-order valence-electron chi connectivity index (χ3n) is 7.77. The molecule has 0 unspecified atom stereocenters. The van der Waals surface area contributed by atoms with Crippen LogP contribution in [0.2, 0.25) is 5.02 Å². The monoisotopic (exact) mass is 498 g/mol. The number of pyridine rings is 1. The molecule has 0 radical (unpaired) electrons. The first-order chi connectivity index (χ1) is 18.1. The first-order valence-electron chi connectivity index (χ1n) is 12.5. The second kappa shape index (κ2) is 8.26. The fraction of sp³-hybridized carbons (Fsp3) is 0.0938. The van der Waals surface area contributed by atoms with E-state index in [-0.39, 0.29) is 12.1 Å². The van der Waals surface area contributed by atoms with Crippen molar-refractivity contribution in [3.8, 4) is 11.5 Å². The van der Waals surface area contributed by atoms with Crippen LogP contribution in [0.25, 0.3) is 0 Å². The van der Waals surface area contributed by atoms with Gasteiger partial charge in [-0.15, -0.1) is 0 Å². The Bertz CT molecular complexity index is 1590. The molecule has 5 aromatic rings. The van der Waals surface area contributed by atoms with Gasteiger partial charge in [-0.2, -0.15) is 0 Å². The minimum atomic E-state index is -0.127. The molecule has 4 aromatic carbocycles. The van der Waals surface area contributed by atoms with Gasteiger partial charge >= 0.3 is 0 Å². The Kier molecular flexibility index (Phi) is 4.95. The highest BCUT2D eigenvalue weighted by molar-refractivity contribution is 6.98. The maximum absolute atomic E-state index is 7.41. The third kappa shape index (κ3) is 3.26. The van der Waals surface area contributed by atoms with Crippen molar-refractivity contribution in [2.24, 2.45) is 0 Å². The molecule has 0 saturated heterocycles. The molecule has 2 aliphatic rings. The highest BCUT2D eigenvalue weighted by Gasteiger charge is 2.39. The van der Waals surface area contributed by atoms with Crippen molar-refractivity contribution < 1.29 is 4.74 Å². The van der Waals surface area contributed by atoms with Gasteiger partial charge in [-0.05, 0) is 57.8 Å². The number of ether oxygens (including phenoxy) is 1. The lowest BCUT2D eigenvalue weighted by molar-refractivity contribution is 0.487. The topological polar surface area (TPSA) is 25.4 Å². The minimum Gasteiger partial charge on any atom is -0.458 e. The number of para-hydroxylation sites is 3. The van der Waals surface area contributed by atoms with Gasteiger partial charge in [-0.1, -0.05) is 92.2 Å². The largest absolute Gasteiger partial charge is 0.458 e. The lowest BCUT2D eigenvalue weighted by Gasteiger charge is -2.42. The molecule has 0 fully saturated rings. The van der Waals surface area contributed by atoms with Gasteiger partial charge in [-0.3, -0.25) is 4.98 Å². The van der Waals surface area contributed by atoms with Crippen molar-refractivity contribution in [1.82, 2.24) is 4.98 Å². The van der Waals surface area contributed by atoms with Crippen LogP contribution < -0.4 is 26.0 Å². The first-order valence-corrected chi connectivity index (χ1v) is 12.9. The predicted molar refractivity (Wildman–Crippen MR) is 154 cm³/mol. The van der Waals surface area contributed by atoms with E-state index in [0.29, 0.717) is 0 Å². The van der Waals surface area contributed by atoms with Crippen LogP contribution >= 0.6 is 11.6 Å². The van der Waals surface area contributed by atoms with Crippen LogP contribution in [0, 0.1) is 0 Å². The van der Waals surface area contributed by atoms with E-state index in [4.69, 9.17) is 16.3 Å². The van der Waals surface area contributed by atoms with Gasteiger partial charge in [0, 0.05) is 17.8 Å². The highest BCUT2D eigenvalue weighted by atomic mass is 35.5. The number of fused-ring (bicyclic) bond motifs is 4. The molecule has 0 N–H and O–H groups in total. The van der Waals surface area contributed by atoms with Crippen molar-refractivity contribution in [3.05, 3.63) is 126 Å². The number of anilines is 3. The molecular weight excluding hydrogens is 475 g/mol. The number of benzene rings is 4. The van der Waals surface area contributed by atoms with Crippen LogP contribution in [0.5, 0.6) is 11.5 Å². The molecular formula is C32H24BClN2O. The second-order valence-electron chi connectivity index (χ2n) is 10.2. The normalized spacial score (nSPS) is 14.7. The Morgan fingerprint density at radius 2 is 1.27 bits per heavy atom. The summed E-state index contributed by atoms with van der Waals surface area (Å²) in [4.78, 5) is 6.75. The zero-order valence-electron chi connectivity index (χ0n) is 20.7. The number of aromatic nitrogens is 1. The van der Waals surface area contributed by atoms with E-state index < -0.39 is 0 Å². The summed E-state index contributed by atoms with van der Waals surface area (Å²) in [5, 5.41) is 0.725. The quantitative estimate of drug-likeness (QED) is 0.256. The van der Waals surface area contributed by atoms with Crippen LogP contribution in [0.15, 0.2) is 109 Å². The van der Waals surface area contributed by atoms with E-state index in [9.17, 15) is 0 Å². The van der Waals surface area contributed by atoms with Crippen molar-refractivity contribution in [1.29, 1.82) is 0 Å². The SMILES string of the molecule is CC1(C)c2ccccc2N(c2cccc(B3c4ccccc4Oc4ccncc43)c2Cl)c2ccccc21. The number of halogens is 1. The van der Waals surface area contributed by atoms with E-state index in [0.717, 1.165) is 50.0 Å². The fourth-order valence-electron chi connectivity index (χ4n) is 6.00. The summed E-state index contributed by atoms with van der Waals surface area (Å²) in [5.74, 6) is 1.67. The number of hydrogen-bond acceptors (Lipinski definition) is 3. The predicted octanol–water partition coefficient (Wildman–Crippen LogP) is 6.47. The van der Waals surface area contributed by atoms with Gasteiger partial charge < -0.3 is 9.64 Å². The zero-order chi connectivity index (χ0) is 25.1. The number of hydrogen-bond donors (Lipinski definition) is 0. The standard InChI is InChI=1S/C32H24BClN2O/c1-32(2)21-10-3-6-14-26(21)36(27-15-7-4-11-22(27)32)28-16-9-13-24(31(28)34)33-23-12-5-8-17-29(23)37-30-18-19-35-20-25(30)33/h3-20H,1-2H3. The molecule has 0 spiro atoms. The van der Waals surface area contributed by atoms with E-state index in [1.165, 1.54) is 11.1 Å². The van der Waals surface area contributed by atoms with Gasteiger partial charge in [0.1, 0.15) is 11.5 Å². The van der Waals surface area contributed by atoms with E-state index in [2.05, 4.69) is 96.5 Å². The summed E-state index contributed by atoms with van der Waals surface area (Å²) in [6.07, 6.45) is 3.66. The van der Waals surface area contributed by atoms with Crippen LogP contribution in [0.1, 0.15) is 25.0 Å². The van der Waals surface area contributed by atoms with Crippen LogP contribution in [0.4, 0.5) is 17.1 Å². The van der Waals surface area contributed by atoms with Gasteiger partial charge in [0.2, 0.25) is 0 Å². The van der Waals surface area contributed by atoms with Gasteiger partial charge in [0.15, 0.2) is 0 Å². The number of nitrogens with zero attached hydrogens (tertiary/aromatic N) is 2. The van der Waals surface area contributed by atoms with Crippen LogP contribution in [-0.2, 0) is 5.41 Å². The van der Waals surface area contributed by atoms with E-state index >= 15 is 0 Å². The summed E-state index contributed by atoms with van der Waals surface area (Å²) in [6.45, 7) is 4.50. The van der Waals surface area contributed by atoms with Gasteiger partial charge in [-0.25, -0.2) is 0 Å². The maximum atomic E-state index is 7.41. The Hall–Kier alpha value is -4.02. The van der Waals surface area contributed by atoms with Crippen molar-refractivity contribution >= 4 is 51.8 Å². The maximum Gasteiger partial charge on any atom is 0.254 e. The fourth-order valence-corrected chi connectivity index (χ4v) is 6.32. The summed E-state index contributed by atoms with van der Waals surface area (Å²) in [5.41, 5.74) is 8.83. The first kappa shape index (κ1) is 22.2. The molecule has 5 heteroatoms. The summed E-state index contributed by atoms with van der Waals surface area (Å²) >= 11 is 7.41. The molecule has 0 amide bonds. The third-order valence-corrected chi connectivity index (χ3v) is 8.18. The molecule has 1 aromatic heterocycles. The summed E-state index contributed by atoms with van der Waals surface area (Å²) < 4.78 is 6.24. The van der Waals surface area contributed by atoms with E-state index in [1.54, 1.807) is 6.20 Å². The molecule has 7 rings (SSSR count). The smallest absolute Gasteiger partial charge is 0.254 e. The molecule has 3 nitrogen and oxygen atoms in total. The molecule has 2 aliphatic heterocycles. The average molecular weight is 499 g/mol. The molecule has 3 heterocycles. The van der Waals surface area contributed by atoms with Crippen LogP contribution in [0.3, 0.4) is 0 Å². The highest BCUT2D eigenvalue weighted by Crippen LogP contribution is 2.52.